The summed E-state index contributed by atoms with van der Waals surface area (Å²) in [5.74, 6) is 0. The van der Waals surface area contributed by atoms with E-state index < -0.39 is 0 Å². The molecule has 0 spiro atoms. The normalized spacial score (nSPS) is 15.7. The van der Waals surface area contributed by atoms with E-state index in [1.54, 1.807) is 0 Å². The molecular formula is C18H29N. The highest BCUT2D eigenvalue weighted by molar-refractivity contribution is 5.35. The minimum absolute atomic E-state index is 0.0346. The summed E-state index contributed by atoms with van der Waals surface area (Å²) in [5.41, 5.74) is 3.68. The Hall–Kier alpha value is -1.34. The summed E-state index contributed by atoms with van der Waals surface area (Å²) in [6, 6.07) is 0.259. The van der Waals surface area contributed by atoms with Crippen molar-refractivity contribution in [3.63, 3.8) is 0 Å². The molecule has 0 aromatic rings. The van der Waals surface area contributed by atoms with Gasteiger partial charge in [-0.3, -0.25) is 0 Å². The molecule has 0 fully saturated rings. The van der Waals surface area contributed by atoms with Crippen LogP contribution in [0.15, 0.2) is 60.3 Å². The first-order valence-corrected chi connectivity index (χ1v) is 6.78. The van der Waals surface area contributed by atoms with Crippen molar-refractivity contribution in [2.45, 2.75) is 40.7 Å². The molecule has 0 aliphatic heterocycles. The highest BCUT2D eigenvalue weighted by Gasteiger charge is 2.28. The Morgan fingerprint density at radius 2 is 1.74 bits per heavy atom. The maximum absolute atomic E-state index is 3.98. The van der Waals surface area contributed by atoms with Gasteiger partial charge in [0.2, 0.25) is 0 Å². The summed E-state index contributed by atoms with van der Waals surface area (Å²) < 4.78 is 0. The van der Waals surface area contributed by atoms with Crippen LogP contribution < -0.4 is 5.32 Å². The molecule has 106 valence electrons. The van der Waals surface area contributed by atoms with Gasteiger partial charge in [-0.05, 0) is 33.4 Å². The summed E-state index contributed by atoms with van der Waals surface area (Å²) in [6.45, 7) is 18.7. The van der Waals surface area contributed by atoms with Crippen molar-refractivity contribution >= 4 is 0 Å². The predicted octanol–water partition coefficient (Wildman–Crippen LogP) is 4.81. The Morgan fingerprint density at radius 1 is 1.16 bits per heavy atom. The Kier molecular flexibility index (Phi) is 7.40. The number of nitrogens with one attached hydrogen (secondary N) is 1. The van der Waals surface area contributed by atoms with Gasteiger partial charge in [-0.15, -0.1) is 6.58 Å². The van der Waals surface area contributed by atoms with Crippen molar-refractivity contribution < 1.29 is 0 Å². The van der Waals surface area contributed by atoms with Gasteiger partial charge < -0.3 is 5.32 Å². The third-order valence-corrected chi connectivity index (χ3v) is 3.81. The van der Waals surface area contributed by atoms with E-state index in [9.17, 15) is 0 Å². The van der Waals surface area contributed by atoms with E-state index in [-0.39, 0.29) is 11.5 Å². The van der Waals surface area contributed by atoms with Crippen LogP contribution in [-0.4, -0.2) is 13.1 Å². The lowest BCUT2D eigenvalue weighted by molar-refractivity contribution is 0.353. The highest BCUT2D eigenvalue weighted by Crippen LogP contribution is 2.33. The Balaban J connectivity index is 5.23. The Morgan fingerprint density at radius 3 is 2.16 bits per heavy atom. The smallest absolute Gasteiger partial charge is 0.0333 e. The number of rotatable bonds is 7. The molecule has 1 N–H and O–H groups in total. The van der Waals surface area contributed by atoms with Gasteiger partial charge in [0.15, 0.2) is 0 Å². The molecule has 0 saturated carbocycles. The van der Waals surface area contributed by atoms with Gasteiger partial charge in [0.25, 0.3) is 0 Å². The zero-order valence-electron chi connectivity index (χ0n) is 13.4. The molecule has 0 heterocycles. The van der Waals surface area contributed by atoms with Crippen molar-refractivity contribution in [3.8, 4) is 0 Å². The van der Waals surface area contributed by atoms with Gasteiger partial charge in [0, 0.05) is 11.5 Å². The van der Waals surface area contributed by atoms with Crippen molar-refractivity contribution in [2.75, 3.05) is 7.05 Å². The van der Waals surface area contributed by atoms with E-state index in [1.807, 2.05) is 32.2 Å². The Bertz CT molecular complexity index is 405. The van der Waals surface area contributed by atoms with Crippen LogP contribution in [0.25, 0.3) is 0 Å². The van der Waals surface area contributed by atoms with Crippen LogP contribution in [0.3, 0.4) is 0 Å². The first-order valence-electron chi connectivity index (χ1n) is 6.78. The summed E-state index contributed by atoms with van der Waals surface area (Å²) in [6.07, 6.45) is 10.2. The van der Waals surface area contributed by atoms with Crippen LogP contribution in [-0.2, 0) is 0 Å². The number of hydrogen-bond donors (Lipinski definition) is 1. The van der Waals surface area contributed by atoms with E-state index in [1.165, 1.54) is 11.1 Å². The zero-order valence-corrected chi connectivity index (χ0v) is 13.4. The van der Waals surface area contributed by atoms with Gasteiger partial charge >= 0.3 is 0 Å². The lowest BCUT2D eigenvalue weighted by Crippen LogP contribution is -2.39. The Labute approximate surface area is 119 Å². The minimum Gasteiger partial charge on any atom is -0.313 e. The van der Waals surface area contributed by atoms with E-state index in [4.69, 9.17) is 0 Å². The molecular weight excluding hydrogens is 230 g/mol. The topological polar surface area (TPSA) is 12.0 Å². The van der Waals surface area contributed by atoms with E-state index in [0.717, 1.165) is 5.57 Å². The molecule has 0 aromatic heterocycles. The van der Waals surface area contributed by atoms with Crippen molar-refractivity contribution in [3.05, 3.63) is 60.3 Å². The molecule has 0 rings (SSSR count). The van der Waals surface area contributed by atoms with Crippen LogP contribution >= 0.6 is 0 Å². The molecule has 0 bridgehead atoms. The fourth-order valence-corrected chi connectivity index (χ4v) is 2.14. The lowest BCUT2D eigenvalue weighted by Gasteiger charge is -2.34. The third kappa shape index (κ3) is 5.04. The van der Waals surface area contributed by atoms with Crippen LogP contribution in [0.2, 0.25) is 0 Å². The third-order valence-electron chi connectivity index (χ3n) is 3.81. The molecule has 0 aromatic carbocycles. The average molecular weight is 259 g/mol. The molecule has 0 radical (unpaired) electrons. The van der Waals surface area contributed by atoms with Crippen LogP contribution in [0.4, 0.5) is 0 Å². The summed E-state index contributed by atoms with van der Waals surface area (Å²) in [4.78, 5) is 0. The highest BCUT2D eigenvalue weighted by atomic mass is 14.9. The van der Waals surface area contributed by atoms with Gasteiger partial charge in [-0.1, -0.05) is 62.0 Å². The predicted molar refractivity (Wildman–Crippen MR) is 88.3 cm³/mol. The van der Waals surface area contributed by atoms with Crippen LogP contribution in [0.5, 0.6) is 0 Å². The minimum atomic E-state index is 0.0346. The van der Waals surface area contributed by atoms with Crippen molar-refractivity contribution in [1.82, 2.24) is 5.32 Å². The molecule has 0 amide bonds. The van der Waals surface area contributed by atoms with E-state index in [2.05, 4.69) is 58.3 Å². The monoisotopic (exact) mass is 259 g/mol. The summed E-state index contributed by atoms with van der Waals surface area (Å²) in [7, 11) is 1.97. The average Bonchev–Trinajstić information content (AvgIpc) is 2.36. The molecule has 19 heavy (non-hydrogen) atoms. The number of likely N-dealkylation sites (N-methyl/N-ethyl adjacent to an activating group) is 1. The van der Waals surface area contributed by atoms with Gasteiger partial charge in [0.1, 0.15) is 0 Å². The summed E-state index contributed by atoms with van der Waals surface area (Å²) in [5, 5.41) is 3.31. The molecule has 1 heteroatoms. The van der Waals surface area contributed by atoms with Crippen LogP contribution in [0, 0.1) is 5.41 Å². The van der Waals surface area contributed by atoms with Crippen molar-refractivity contribution in [2.24, 2.45) is 5.41 Å². The number of hydrogen-bond acceptors (Lipinski definition) is 1. The fraction of sp³-hybridized carbons (Fsp3) is 0.444. The molecule has 0 unspecified atom stereocenters. The molecule has 0 aliphatic rings. The van der Waals surface area contributed by atoms with Gasteiger partial charge in [-0.25, -0.2) is 0 Å². The fourth-order valence-electron chi connectivity index (χ4n) is 2.14. The number of allylic oxidation sites excluding steroid dienone is 6. The second kappa shape index (κ2) is 7.96. The second-order valence-corrected chi connectivity index (χ2v) is 5.44. The van der Waals surface area contributed by atoms with Crippen molar-refractivity contribution in [1.29, 1.82) is 0 Å². The SMILES string of the molecule is C=C[C@H](NC)C(C)(C)/C(C)=C(C)\C=C/C(=C)/C=C\C. The molecule has 1 nitrogen and oxygen atoms in total. The van der Waals surface area contributed by atoms with Crippen LogP contribution in [0.1, 0.15) is 34.6 Å². The maximum Gasteiger partial charge on any atom is 0.0333 e. The van der Waals surface area contributed by atoms with E-state index in [0.29, 0.717) is 0 Å². The zero-order chi connectivity index (χ0) is 15.1. The molecule has 0 aliphatic carbocycles. The van der Waals surface area contributed by atoms with Gasteiger partial charge in [-0.2, -0.15) is 0 Å². The molecule has 1 atom stereocenters. The first-order chi connectivity index (χ1) is 8.81. The summed E-state index contributed by atoms with van der Waals surface area (Å²) >= 11 is 0. The largest absolute Gasteiger partial charge is 0.313 e. The quantitative estimate of drug-likeness (QED) is 0.511. The standard InChI is InChI=1S/C18H29N/c1-9-11-14(3)12-13-15(4)16(5)18(6,7)17(10-2)19-8/h9-13,17,19H,2-3H2,1,4-8H3/b11-9-,13-12-,16-15-/t17-/m0/s1. The van der Waals surface area contributed by atoms with E-state index >= 15 is 0 Å². The van der Waals surface area contributed by atoms with Gasteiger partial charge in [0.05, 0.1) is 0 Å². The maximum atomic E-state index is 3.98. The first kappa shape index (κ1) is 17.7. The second-order valence-electron chi connectivity index (χ2n) is 5.44. The lowest BCUT2D eigenvalue weighted by atomic mass is 9.76. The molecule has 0 saturated heterocycles.